The standard InChI is InChI=1S/C10H11ClN4O2S/c1-6-2-8(12)7(11)3-9(6)15-18(16,17)10-4-13-5-14-10/h2-5,15H,12H2,1H3,(H,13,14). The number of nitrogen functional groups attached to an aromatic ring is 1. The third-order valence-corrected chi connectivity index (χ3v) is 3.97. The van der Waals surface area contributed by atoms with Gasteiger partial charge in [0, 0.05) is 0 Å². The number of nitrogens with two attached hydrogens (primary N) is 1. The van der Waals surface area contributed by atoms with Crippen molar-refractivity contribution in [1.29, 1.82) is 0 Å². The van der Waals surface area contributed by atoms with Crippen molar-refractivity contribution in [3.05, 3.63) is 35.2 Å². The van der Waals surface area contributed by atoms with Gasteiger partial charge in [0.15, 0.2) is 5.03 Å². The Morgan fingerprint density at radius 2 is 2.17 bits per heavy atom. The Hall–Kier alpha value is -1.73. The summed E-state index contributed by atoms with van der Waals surface area (Å²) in [7, 11) is -3.69. The molecule has 1 heterocycles. The molecule has 0 atom stereocenters. The number of sulfonamides is 1. The van der Waals surface area contributed by atoms with Crippen LogP contribution < -0.4 is 10.5 Å². The third kappa shape index (κ3) is 2.41. The molecule has 18 heavy (non-hydrogen) atoms. The topological polar surface area (TPSA) is 101 Å². The predicted octanol–water partition coefficient (Wildman–Crippen LogP) is 1.75. The minimum atomic E-state index is -3.69. The highest BCUT2D eigenvalue weighted by molar-refractivity contribution is 7.92. The largest absolute Gasteiger partial charge is 0.398 e. The monoisotopic (exact) mass is 286 g/mol. The Morgan fingerprint density at radius 1 is 1.44 bits per heavy atom. The fraction of sp³-hybridized carbons (Fsp3) is 0.100. The Labute approximate surface area is 109 Å². The Morgan fingerprint density at radius 3 is 2.78 bits per heavy atom. The molecule has 0 fully saturated rings. The van der Waals surface area contributed by atoms with E-state index in [1.807, 2.05) is 0 Å². The van der Waals surface area contributed by atoms with Crippen molar-refractivity contribution >= 4 is 33.0 Å². The molecule has 0 saturated heterocycles. The highest BCUT2D eigenvalue weighted by atomic mass is 35.5. The number of nitrogens with one attached hydrogen (secondary N) is 2. The van der Waals surface area contributed by atoms with Crippen molar-refractivity contribution < 1.29 is 8.42 Å². The van der Waals surface area contributed by atoms with Gasteiger partial charge in [0.1, 0.15) is 0 Å². The van der Waals surface area contributed by atoms with E-state index in [0.717, 1.165) is 0 Å². The number of hydrogen-bond acceptors (Lipinski definition) is 4. The van der Waals surface area contributed by atoms with E-state index in [-0.39, 0.29) is 5.03 Å². The van der Waals surface area contributed by atoms with E-state index in [4.69, 9.17) is 17.3 Å². The van der Waals surface area contributed by atoms with Gasteiger partial charge in [0.05, 0.1) is 28.9 Å². The van der Waals surface area contributed by atoms with Crippen LogP contribution in [0.25, 0.3) is 0 Å². The molecule has 0 aliphatic heterocycles. The van der Waals surface area contributed by atoms with E-state index in [1.165, 1.54) is 18.6 Å². The highest BCUT2D eigenvalue weighted by Gasteiger charge is 2.17. The second-order valence-electron chi connectivity index (χ2n) is 3.71. The molecule has 1 aromatic carbocycles. The van der Waals surface area contributed by atoms with Gasteiger partial charge in [-0.05, 0) is 24.6 Å². The summed E-state index contributed by atoms with van der Waals surface area (Å²) in [5, 5.41) is 0.276. The number of aromatic nitrogens is 2. The average molecular weight is 287 g/mol. The van der Waals surface area contributed by atoms with Gasteiger partial charge < -0.3 is 10.7 Å². The van der Waals surface area contributed by atoms with Crippen LogP contribution >= 0.6 is 11.6 Å². The molecule has 1 aromatic heterocycles. The van der Waals surface area contributed by atoms with Gasteiger partial charge in [0.25, 0.3) is 10.0 Å². The van der Waals surface area contributed by atoms with Crippen LogP contribution in [-0.4, -0.2) is 18.4 Å². The third-order valence-electron chi connectivity index (χ3n) is 2.35. The van der Waals surface area contributed by atoms with Gasteiger partial charge in [-0.3, -0.25) is 4.72 Å². The minimum absolute atomic E-state index is 0.0187. The molecule has 0 aliphatic rings. The Bertz CT molecular complexity index is 667. The molecule has 6 nitrogen and oxygen atoms in total. The molecule has 0 radical (unpaired) electrons. The Balaban J connectivity index is 2.39. The second-order valence-corrected chi connectivity index (χ2v) is 5.77. The molecular weight excluding hydrogens is 276 g/mol. The van der Waals surface area contributed by atoms with E-state index < -0.39 is 10.0 Å². The van der Waals surface area contributed by atoms with Crippen LogP contribution in [0, 0.1) is 6.92 Å². The first-order valence-corrected chi connectivity index (χ1v) is 6.83. The summed E-state index contributed by atoms with van der Waals surface area (Å²) in [6.07, 6.45) is 2.51. The van der Waals surface area contributed by atoms with Crippen LogP contribution in [0.3, 0.4) is 0 Å². The lowest BCUT2D eigenvalue weighted by molar-refractivity contribution is 0.598. The zero-order chi connectivity index (χ0) is 13.3. The lowest BCUT2D eigenvalue weighted by Gasteiger charge is -2.10. The second kappa shape index (κ2) is 4.51. The van der Waals surface area contributed by atoms with Gasteiger partial charge >= 0.3 is 0 Å². The molecule has 2 aromatic rings. The first kappa shape index (κ1) is 12.7. The first-order valence-electron chi connectivity index (χ1n) is 4.97. The van der Waals surface area contributed by atoms with Crippen molar-refractivity contribution in [3.8, 4) is 0 Å². The van der Waals surface area contributed by atoms with Crippen molar-refractivity contribution in [2.24, 2.45) is 0 Å². The smallest absolute Gasteiger partial charge is 0.278 e. The number of aryl methyl sites for hydroxylation is 1. The molecule has 0 bridgehead atoms. The summed E-state index contributed by atoms with van der Waals surface area (Å²) in [5.41, 5.74) is 7.08. The predicted molar refractivity (Wildman–Crippen MR) is 70.0 cm³/mol. The molecule has 96 valence electrons. The van der Waals surface area contributed by atoms with Crippen molar-refractivity contribution in [1.82, 2.24) is 9.97 Å². The highest BCUT2D eigenvalue weighted by Crippen LogP contribution is 2.28. The van der Waals surface area contributed by atoms with Gasteiger partial charge in [-0.1, -0.05) is 11.6 Å². The molecule has 0 aliphatic carbocycles. The number of aromatic amines is 1. The molecule has 0 spiro atoms. The van der Waals surface area contributed by atoms with Crippen molar-refractivity contribution in [2.45, 2.75) is 11.9 Å². The van der Waals surface area contributed by atoms with Crippen LogP contribution in [-0.2, 0) is 10.0 Å². The van der Waals surface area contributed by atoms with Gasteiger partial charge in [0.2, 0.25) is 0 Å². The van der Waals surface area contributed by atoms with Crippen LogP contribution in [0.15, 0.2) is 29.7 Å². The molecule has 2 rings (SSSR count). The number of H-pyrrole nitrogens is 1. The molecule has 0 unspecified atom stereocenters. The number of hydrogen-bond donors (Lipinski definition) is 3. The lowest BCUT2D eigenvalue weighted by Crippen LogP contribution is -2.14. The SMILES string of the molecule is Cc1cc(N)c(Cl)cc1NS(=O)(=O)c1cnc[nH]1. The zero-order valence-electron chi connectivity index (χ0n) is 9.44. The van der Waals surface area contributed by atoms with E-state index in [9.17, 15) is 8.42 Å². The van der Waals surface area contributed by atoms with E-state index >= 15 is 0 Å². The normalized spacial score (nSPS) is 11.4. The van der Waals surface area contributed by atoms with Crippen molar-refractivity contribution in [2.75, 3.05) is 10.5 Å². The van der Waals surface area contributed by atoms with E-state index in [2.05, 4.69) is 14.7 Å². The summed E-state index contributed by atoms with van der Waals surface area (Å²) in [4.78, 5) is 6.19. The quantitative estimate of drug-likeness (QED) is 0.748. The van der Waals surface area contributed by atoms with Gasteiger partial charge in [-0.15, -0.1) is 0 Å². The maximum absolute atomic E-state index is 12.0. The van der Waals surface area contributed by atoms with Gasteiger partial charge in [-0.25, -0.2) is 4.98 Å². The van der Waals surface area contributed by atoms with Crippen LogP contribution in [0.4, 0.5) is 11.4 Å². The van der Waals surface area contributed by atoms with Crippen molar-refractivity contribution in [3.63, 3.8) is 0 Å². The summed E-state index contributed by atoms with van der Waals surface area (Å²) >= 11 is 5.86. The number of imidazole rings is 1. The van der Waals surface area contributed by atoms with Crippen LogP contribution in [0.1, 0.15) is 5.56 Å². The maximum atomic E-state index is 12.0. The van der Waals surface area contributed by atoms with Crippen LogP contribution in [0.5, 0.6) is 0 Å². The van der Waals surface area contributed by atoms with E-state index in [1.54, 1.807) is 13.0 Å². The fourth-order valence-corrected chi connectivity index (χ4v) is 2.59. The summed E-state index contributed by atoms with van der Waals surface area (Å²) in [5.74, 6) is 0. The zero-order valence-corrected chi connectivity index (χ0v) is 11.0. The number of benzene rings is 1. The minimum Gasteiger partial charge on any atom is -0.398 e. The summed E-state index contributed by atoms with van der Waals surface area (Å²) in [6, 6.07) is 3.08. The average Bonchev–Trinajstić information content (AvgIpc) is 2.79. The summed E-state index contributed by atoms with van der Waals surface area (Å²) < 4.78 is 26.3. The molecular formula is C10H11ClN4O2S. The van der Waals surface area contributed by atoms with E-state index in [0.29, 0.717) is 22.0 Å². The number of nitrogens with zero attached hydrogens (tertiary/aromatic N) is 1. The first-order chi connectivity index (χ1) is 8.40. The Kier molecular flexibility index (Phi) is 3.18. The number of rotatable bonds is 3. The summed E-state index contributed by atoms with van der Waals surface area (Å²) in [6.45, 7) is 1.73. The van der Waals surface area contributed by atoms with Crippen LogP contribution in [0.2, 0.25) is 5.02 Å². The lowest BCUT2D eigenvalue weighted by atomic mass is 10.2. The number of halogens is 1. The molecule has 8 heteroatoms. The number of anilines is 2. The molecule has 0 saturated carbocycles. The van der Waals surface area contributed by atoms with Gasteiger partial charge in [-0.2, -0.15) is 8.42 Å². The fourth-order valence-electron chi connectivity index (χ4n) is 1.40. The maximum Gasteiger partial charge on any atom is 0.278 e. The molecule has 0 amide bonds. The molecule has 4 N–H and O–H groups in total.